The van der Waals surface area contributed by atoms with Crippen molar-refractivity contribution in [3.8, 4) is 0 Å². The molecule has 0 aliphatic heterocycles. The van der Waals surface area contributed by atoms with Gasteiger partial charge < -0.3 is 5.32 Å². The molecule has 170 valence electrons. The zero-order valence-electron chi connectivity index (χ0n) is 18.0. The van der Waals surface area contributed by atoms with E-state index >= 15 is 0 Å². The van der Waals surface area contributed by atoms with Crippen molar-refractivity contribution in [2.75, 3.05) is 21.1 Å². The van der Waals surface area contributed by atoms with Crippen LogP contribution < -0.4 is 5.32 Å². The Hall–Kier alpha value is -1.98. The molecule has 8 nitrogen and oxygen atoms in total. The van der Waals surface area contributed by atoms with Gasteiger partial charge in [-0.1, -0.05) is 29.8 Å². The lowest BCUT2D eigenvalue weighted by Gasteiger charge is -2.21. The number of carbonyl (C=O) groups excluding carboxylic acids is 1. The first-order chi connectivity index (χ1) is 14.3. The van der Waals surface area contributed by atoms with Crippen LogP contribution in [-0.2, 0) is 26.6 Å². The Kier molecular flexibility index (Phi) is 7.88. The molecule has 0 unspecified atom stereocenters. The van der Waals surface area contributed by atoms with E-state index < -0.39 is 26.0 Å². The standard InChI is InChI=1S/C20H26ClN3O5S2/c1-14(2)24(5)30(26,27)16-10-11-18(21)17(12-16)20(25)22-13-15-8-6-7-9-19(15)31(28,29)23(3)4/h6-12,14H,13H2,1-5H3,(H,22,25). The Labute approximate surface area is 188 Å². The third kappa shape index (κ3) is 5.45. The summed E-state index contributed by atoms with van der Waals surface area (Å²) >= 11 is 6.14. The van der Waals surface area contributed by atoms with Gasteiger partial charge in [-0.3, -0.25) is 4.79 Å². The molecule has 31 heavy (non-hydrogen) atoms. The lowest BCUT2D eigenvalue weighted by molar-refractivity contribution is 0.0950. The van der Waals surface area contributed by atoms with Crippen LogP contribution in [-0.4, -0.2) is 58.5 Å². The second kappa shape index (κ2) is 9.66. The molecule has 0 radical (unpaired) electrons. The number of carbonyl (C=O) groups is 1. The van der Waals surface area contributed by atoms with Gasteiger partial charge in [-0.15, -0.1) is 0 Å². The fourth-order valence-corrected chi connectivity index (χ4v) is 5.36. The maximum Gasteiger partial charge on any atom is 0.253 e. The van der Waals surface area contributed by atoms with Crippen molar-refractivity contribution in [2.45, 2.75) is 36.2 Å². The van der Waals surface area contributed by atoms with Crippen molar-refractivity contribution in [3.63, 3.8) is 0 Å². The van der Waals surface area contributed by atoms with Crippen LogP contribution in [0.3, 0.4) is 0 Å². The summed E-state index contributed by atoms with van der Waals surface area (Å²) in [6.45, 7) is 3.39. The average molecular weight is 488 g/mol. The molecule has 0 aliphatic rings. The second-order valence-electron chi connectivity index (χ2n) is 7.33. The molecule has 1 N–H and O–H groups in total. The summed E-state index contributed by atoms with van der Waals surface area (Å²) in [4.78, 5) is 12.8. The first-order valence-electron chi connectivity index (χ1n) is 9.36. The second-order valence-corrected chi connectivity index (χ2v) is 11.9. The number of sulfonamides is 2. The molecular weight excluding hydrogens is 462 g/mol. The normalized spacial score (nSPS) is 12.5. The molecule has 0 saturated carbocycles. The van der Waals surface area contributed by atoms with E-state index in [9.17, 15) is 21.6 Å². The number of amides is 1. The molecule has 0 saturated heterocycles. The summed E-state index contributed by atoms with van der Waals surface area (Å²) in [6, 6.07) is 9.95. The molecule has 1 amide bonds. The zero-order chi connectivity index (χ0) is 23.6. The van der Waals surface area contributed by atoms with Crippen LogP contribution in [0.1, 0.15) is 29.8 Å². The Morgan fingerprint density at radius 2 is 1.61 bits per heavy atom. The molecule has 0 fully saturated rings. The van der Waals surface area contributed by atoms with Gasteiger partial charge in [0.1, 0.15) is 0 Å². The van der Waals surface area contributed by atoms with Crippen LogP contribution in [0, 0.1) is 0 Å². The number of hydrogen-bond donors (Lipinski definition) is 1. The number of halogens is 1. The van der Waals surface area contributed by atoms with Gasteiger partial charge in [-0.05, 0) is 43.7 Å². The van der Waals surface area contributed by atoms with Crippen LogP contribution in [0.25, 0.3) is 0 Å². The van der Waals surface area contributed by atoms with E-state index in [-0.39, 0.29) is 33.0 Å². The summed E-state index contributed by atoms with van der Waals surface area (Å²) < 4.78 is 52.8. The highest BCUT2D eigenvalue weighted by Gasteiger charge is 2.25. The molecule has 0 aromatic heterocycles. The van der Waals surface area contributed by atoms with Crippen LogP contribution in [0.5, 0.6) is 0 Å². The van der Waals surface area contributed by atoms with Crippen molar-refractivity contribution in [1.82, 2.24) is 13.9 Å². The molecule has 0 heterocycles. The molecule has 2 aromatic rings. The van der Waals surface area contributed by atoms with Crippen molar-refractivity contribution in [1.29, 1.82) is 0 Å². The molecule has 0 aliphatic carbocycles. The Morgan fingerprint density at radius 3 is 2.19 bits per heavy atom. The number of rotatable bonds is 8. The van der Waals surface area contributed by atoms with Gasteiger partial charge in [0.15, 0.2) is 0 Å². The third-order valence-electron chi connectivity index (χ3n) is 4.76. The van der Waals surface area contributed by atoms with Crippen LogP contribution >= 0.6 is 11.6 Å². The fraction of sp³-hybridized carbons (Fsp3) is 0.350. The summed E-state index contributed by atoms with van der Waals surface area (Å²) in [5.41, 5.74) is 0.372. The van der Waals surface area contributed by atoms with E-state index in [0.717, 1.165) is 4.31 Å². The summed E-state index contributed by atoms with van der Waals surface area (Å²) in [7, 11) is -3.21. The van der Waals surface area contributed by atoms with E-state index in [0.29, 0.717) is 5.56 Å². The van der Waals surface area contributed by atoms with E-state index in [4.69, 9.17) is 11.6 Å². The van der Waals surface area contributed by atoms with Crippen LogP contribution in [0.2, 0.25) is 5.02 Å². The van der Waals surface area contributed by atoms with Gasteiger partial charge in [0.05, 0.1) is 20.4 Å². The highest BCUT2D eigenvalue weighted by molar-refractivity contribution is 7.89. The predicted molar refractivity (Wildman–Crippen MR) is 120 cm³/mol. The maximum absolute atomic E-state index is 12.8. The predicted octanol–water partition coefficient (Wildman–Crippen LogP) is 2.55. The van der Waals surface area contributed by atoms with Gasteiger partial charge in [0.25, 0.3) is 5.91 Å². The largest absolute Gasteiger partial charge is 0.348 e. The van der Waals surface area contributed by atoms with E-state index in [2.05, 4.69) is 5.32 Å². The Morgan fingerprint density at radius 1 is 1.00 bits per heavy atom. The minimum Gasteiger partial charge on any atom is -0.348 e. The number of nitrogens with one attached hydrogen (secondary N) is 1. The monoisotopic (exact) mass is 487 g/mol. The molecule has 11 heteroatoms. The van der Waals surface area contributed by atoms with Crippen molar-refractivity contribution in [2.24, 2.45) is 0 Å². The minimum atomic E-state index is -3.80. The van der Waals surface area contributed by atoms with E-state index in [1.807, 2.05) is 0 Å². The van der Waals surface area contributed by atoms with Crippen LogP contribution in [0.15, 0.2) is 52.3 Å². The van der Waals surface area contributed by atoms with E-state index in [1.165, 1.54) is 49.7 Å². The zero-order valence-corrected chi connectivity index (χ0v) is 20.3. The quantitative estimate of drug-likeness (QED) is 0.616. The first-order valence-corrected chi connectivity index (χ1v) is 12.6. The topological polar surface area (TPSA) is 104 Å². The van der Waals surface area contributed by atoms with Gasteiger partial charge in [0.2, 0.25) is 20.0 Å². The van der Waals surface area contributed by atoms with Crippen LogP contribution in [0.4, 0.5) is 0 Å². The third-order valence-corrected chi connectivity index (χ3v) is 9.03. The maximum atomic E-state index is 12.8. The lowest BCUT2D eigenvalue weighted by Crippen LogP contribution is -2.33. The highest BCUT2D eigenvalue weighted by atomic mass is 35.5. The molecule has 0 spiro atoms. The molecule has 2 aromatic carbocycles. The van der Waals surface area contributed by atoms with Crippen molar-refractivity contribution < 1.29 is 21.6 Å². The first kappa shape index (κ1) is 25.3. The van der Waals surface area contributed by atoms with Gasteiger partial charge in [0, 0.05) is 33.7 Å². The molecule has 2 rings (SSSR count). The minimum absolute atomic E-state index is 0.0205. The Balaban J connectivity index is 2.33. The summed E-state index contributed by atoms with van der Waals surface area (Å²) in [5, 5.41) is 2.70. The van der Waals surface area contributed by atoms with E-state index in [1.54, 1.807) is 32.0 Å². The fourth-order valence-electron chi connectivity index (χ4n) is 2.65. The van der Waals surface area contributed by atoms with Crippen molar-refractivity contribution in [3.05, 3.63) is 58.6 Å². The average Bonchev–Trinajstić information content (AvgIpc) is 2.71. The number of nitrogens with zero attached hydrogens (tertiary/aromatic N) is 2. The van der Waals surface area contributed by atoms with Crippen molar-refractivity contribution >= 4 is 37.6 Å². The Bertz CT molecular complexity index is 1180. The smallest absolute Gasteiger partial charge is 0.253 e. The number of hydrogen-bond acceptors (Lipinski definition) is 5. The molecule has 0 bridgehead atoms. The van der Waals surface area contributed by atoms with Gasteiger partial charge >= 0.3 is 0 Å². The van der Waals surface area contributed by atoms with Gasteiger partial charge in [-0.25, -0.2) is 21.1 Å². The lowest BCUT2D eigenvalue weighted by atomic mass is 10.2. The SMILES string of the molecule is CC(C)N(C)S(=O)(=O)c1ccc(Cl)c(C(=O)NCc2ccccc2S(=O)(=O)N(C)C)c1. The number of benzene rings is 2. The van der Waals surface area contributed by atoms with Gasteiger partial charge in [-0.2, -0.15) is 4.31 Å². The summed E-state index contributed by atoms with van der Waals surface area (Å²) in [5.74, 6) is -0.619. The molecule has 0 atom stereocenters. The highest BCUT2D eigenvalue weighted by Crippen LogP contribution is 2.24. The summed E-state index contributed by atoms with van der Waals surface area (Å²) in [6.07, 6.45) is 0. The molecular formula is C20H26ClN3O5S2.